The number of anilines is 1. The molecule has 0 unspecified atom stereocenters. The molecule has 0 atom stereocenters. The average molecular weight is 356 g/mol. The molecule has 2 rings (SSSR count). The molecular formula is C13H14BrN3O2S. The molecule has 1 heterocycles. The number of nitrogens with one attached hydrogen (secondary N) is 2. The molecular weight excluding hydrogens is 342 g/mol. The molecule has 2 aromatic rings. The van der Waals surface area contributed by atoms with Gasteiger partial charge in [-0.3, -0.25) is 0 Å². The van der Waals surface area contributed by atoms with Gasteiger partial charge in [-0.05, 0) is 53.3 Å². The third-order valence-corrected chi connectivity index (χ3v) is 4.51. The van der Waals surface area contributed by atoms with Gasteiger partial charge in [0.05, 0.1) is 17.1 Å². The molecule has 0 aliphatic heterocycles. The van der Waals surface area contributed by atoms with E-state index in [0.717, 1.165) is 16.0 Å². The van der Waals surface area contributed by atoms with Crippen LogP contribution in [0.2, 0.25) is 0 Å². The first-order valence-electron chi connectivity index (χ1n) is 5.90. The van der Waals surface area contributed by atoms with Gasteiger partial charge in [0.2, 0.25) is 10.0 Å². The van der Waals surface area contributed by atoms with Crippen LogP contribution < -0.4 is 10.0 Å². The van der Waals surface area contributed by atoms with Crippen molar-refractivity contribution in [1.29, 1.82) is 0 Å². The normalized spacial score (nSPS) is 11.3. The molecule has 106 valence electrons. The van der Waals surface area contributed by atoms with Gasteiger partial charge >= 0.3 is 0 Å². The zero-order chi connectivity index (χ0) is 14.6. The Kier molecular flexibility index (Phi) is 4.74. The molecule has 0 spiro atoms. The second-order valence-corrected chi connectivity index (χ2v) is 6.74. The maximum absolute atomic E-state index is 11.7. The Bertz CT molecular complexity index is 704. The Labute approximate surface area is 126 Å². The zero-order valence-electron chi connectivity index (χ0n) is 10.8. The molecule has 0 aliphatic carbocycles. The lowest BCUT2D eigenvalue weighted by Gasteiger charge is -2.08. The highest BCUT2D eigenvalue weighted by molar-refractivity contribution is 9.10. The van der Waals surface area contributed by atoms with Crippen LogP contribution in [0.4, 0.5) is 5.69 Å². The number of hydrogen-bond donors (Lipinski definition) is 2. The highest BCUT2D eigenvalue weighted by atomic mass is 79.9. The van der Waals surface area contributed by atoms with E-state index in [1.54, 1.807) is 18.2 Å². The van der Waals surface area contributed by atoms with Crippen LogP contribution in [0.5, 0.6) is 0 Å². The Morgan fingerprint density at radius 1 is 1.20 bits per heavy atom. The van der Waals surface area contributed by atoms with Crippen LogP contribution >= 0.6 is 15.9 Å². The average Bonchev–Trinajstić information content (AvgIpc) is 2.45. The number of pyridine rings is 1. The third kappa shape index (κ3) is 3.78. The van der Waals surface area contributed by atoms with Crippen LogP contribution in [0.25, 0.3) is 0 Å². The number of rotatable bonds is 5. The van der Waals surface area contributed by atoms with Crippen LogP contribution in [0.3, 0.4) is 0 Å². The van der Waals surface area contributed by atoms with Crippen molar-refractivity contribution in [1.82, 2.24) is 9.71 Å². The minimum absolute atomic E-state index is 0.229. The first kappa shape index (κ1) is 15.0. The number of nitrogens with zero attached hydrogens (tertiary/aromatic N) is 1. The van der Waals surface area contributed by atoms with Gasteiger partial charge in [0.25, 0.3) is 0 Å². The highest BCUT2D eigenvalue weighted by Crippen LogP contribution is 2.16. The van der Waals surface area contributed by atoms with Crippen LogP contribution in [-0.2, 0) is 16.6 Å². The summed E-state index contributed by atoms with van der Waals surface area (Å²) in [4.78, 5) is 4.53. The largest absolute Gasteiger partial charge is 0.379 e. The number of sulfonamides is 1. The standard InChI is InChI=1S/C13H14BrN3O2S/c1-15-20(18,19)12-6-2-4-10(8-12)16-9-11-5-3-7-13(14)17-11/h2-8,15-16H,9H2,1H3. The molecule has 0 radical (unpaired) electrons. The number of halogens is 1. The van der Waals surface area contributed by atoms with Gasteiger partial charge in [0, 0.05) is 5.69 Å². The molecule has 7 heteroatoms. The Hall–Kier alpha value is -1.44. The molecule has 0 bridgehead atoms. The quantitative estimate of drug-likeness (QED) is 0.807. The first-order valence-corrected chi connectivity index (χ1v) is 8.18. The lowest BCUT2D eigenvalue weighted by molar-refractivity contribution is 0.588. The summed E-state index contributed by atoms with van der Waals surface area (Å²) in [5, 5.41) is 3.15. The first-order chi connectivity index (χ1) is 9.51. The molecule has 1 aromatic heterocycles. The minimum Gasteiger partial charge on any atom is -0.379 e. The summed E-state index contributed by atoms with van der Waals surface area (Å²) < 4.78 is 26.5. The highest BCUT2D eigenvalue weighted by Gasteiger charge is 2.11. The predicted octanol–water partition coefficient (Wildman–Crippen LogP) is 2.36. The van der Waals surface area contributed by atoms with Gasteiger partial charge in [-0.2, -0.15) is 0 Å². The van der Waals surface area contributed by atoms with Crippen molar-refractivity contribution in [2.75, 3.05) is 12.4 Å². The van der Waals surface area contributed by atoms with Crippen molar-refractivity contribution in [2.45, 2.75) is 11.4 Å². The maximum Gasteiger partial charge on any atom is 0.240 e. The van der Waals surface area contributed by atoms with Crippen LogP contribution in [0.1, 0.15) is 5.69 Å². The smallest absolute Gasteiger partial charge is 0.240 e. The van der Waals surface area contributed by atoms with Crippen LogP contribution in [-0.4, -0.2) is 20.4 Å². The number of aromatic nitrogens is 1. The summed E-state index contributed by atoms with van der Waals surface area (Å²) in [6.07, 6.45) is 0. The molecule has 20 heavy (non-hydrogen) atoms. The fraction of sp³-hybridized carbons (Fsp3) is 0.154. The van der Waals surface area contributed by atoms with Crippen LogP contribution in [0, 0.1) is 0 Å². The minimum atomic E-state index is -3.42. The maximum atomic E-state index is 11.7. The van der Waals surface area contributed by atoms with Crippen molar-refractivity contribution in [3.8, 4) is 0 Å². The van der Waals surface area contributed by atoms with Crippen molar-refractivity contribution in [2.24, 2.45) is 0 Å². The predicted molar refractivity (Wildman–Crippen MR) is 82.0 cm³/mol. The molecule has 2 N–H and O–H groups in total. The monoisotopic (exact) mass is 355 g/mol. The lowest BCUT2D eigenvalue weighted by atomic mass is 10.3. The van der Waals surface area contributed by atoms with E-state index in [1.165, 1.54) is 7.05 Å². The van der Waals surface area contributed by atoms with Gasteiger partial charge in [0.15, 0.2) is 0 Å². The van der Waals surface area contributed by atoms with E-state index in [0.29, 0.717) is 6.54 Å². The van der Waals surface area contributed by atoms with Gasteiger partial charge in [-0.15, -0.1) is 0 Å². The number of hydrogen-bond acceptors (Lipinski definition) is 4. The molecule has 1 aromatic carbocycles. The van der Waals surface area contributed by atoms with E-state index in [2.05, 4.69) is 31.0 Å². The second-order valence-electron chi connectivity index (χ2n) is 4.04. The topological polar surface area (TPSA) is 71.1 Å². The van der Waals surface area contributed by atoms with Crippen molar-refractivity contribution < 1.29 is 8.42 Å². The summed E-state index contributed by atoms with van der Waals surface area (Å²) in [6.45, 7) is 0.516. The summed E-state index contributed by atoms with van der Waals surface area (Å²) >= 11 is 3.31. The van der Waals surface area contributed by atoms with E-state index in [9.17, 15) is 8.42 Å². The molecule has 0 aliphatic rings. The molecule has 0 fully saturated rings. The molecule has 5 nitrogen and oxygen atoms in total. The van der Waals surface area contributed by atoms with Crippen LogP contribution in [0.15, 0.2) is 52.0 Å². The van der Waals surface area contributed by atoms with Crippen molar-refractivity contribution >= 4 is 31.6 Å². The second kappa shape index (κ2) is 6.34. The van der Waals surface area contributed by atoms with E-state index >= 15 is 0 Å². The fourth-order valence-electron chi connectivity index (χ4n) is 1.63. The van der Waals surface area contributed by atoms with Gasteiger partial charge in [-0.1, -0.05) is 12.1 Å². The Morgan fingerprint density at radius 3 is 2.65 bits per heavy atom. The Morgan fingerprint density at radius 2 is 1.95 bits per heavy atom. The summed E-state index contributed by atoms with van der Waals surface area (Å²) in [7, 11) is -2.03. The van der Waals surface area contributed by atoms with E-state index in [1.807, 2.05) is 24.3 Å². The number of benzene rings is 1. The van der Waals surface area contributed by atoms with Gasteiger partial charge < -0.3 is 5.32 Å². The van der Waals surface area contributed by atoms with Crippen molar-refractivity contribution in [3.05, 3.63) is 52.8 Å². The van der Waals surface area contributed by atoms with E-state index in [4.69, 9.17) is 0 Å². The summed E-state index contributed by atoms with van der Waals surface area (Å²) in [5.74, 6) is 0. The van der Waals surface area contributed by atoms with Gasteiger partial charge in [0.1, 0.15) is 4.60 Å². The summed E-state index contributed by atoms with van der Waals surface area (Å²) in [5.41, 5.74) is 1.59. The fourth-order valence-corrected chi connectivity index (χ4v) is 2.79. The molecule has 0 saturated carbocycles. The van der Waals surface area contributed by atoms with E-state index in [-0.39, 0.29) is 4.90 Å². The van der Waals surface area contributed by atoms with E-state index < -0.39 is 10.0 Å². The summed E-state index contributed by atoms with van der Waals surface area (Å²) in [6, 6.07) is 12.3. The lowest BCUT2D eigenvalue weighted by Crippen LogP contribution is -2.18. The SMILES string of the molecule is CNS(=O)(=O)c1cccc(NCc2cccc(Br)n2)c1. The Balaban J connectivity index is 2.13. The van der Waals surface area contributed by atoms with Crippen molar-refractivity contribution in [3.63, 3.8) is 0 Å². The zero-order valence-corrected chi connectivity index (χ0v) is 13.2. The third-order valence-electron chi connectivity index (χ3n) is 2.66. The molecule has 0 saturated heterocycles. The molecule has 0 amide bonds. The van der Waals surface area contributed by atoms with Gasteiger partial charge in [-0.25, -0.2) is 18.1 Å².